The minimum atomic E-state index is -0.129. The molecular formula is C24H29ClN4O2S. The number of fused-ring (bicyclic) bond motifs is 1. The van der Waals surface area contributed by atoms with Crippen LogP contribution in [0.15, 0.2) is 52.4 Å². The molecule has 0 radical (unpaired) electrons. The second-order valence-corrected chi connectivity index (χ2v) is 9.84. The zero-order chi connectivity index (χ0) is 23.4. The summed E-state index contributed by atoms with van der Waals surface area (Å²) in [4.78, 5) is 34.3. The second-order valence-electron chi connectivity index (χ2n) is 8.46. The largest absolute Gasteiger partial charge is 0.378 e. The van der Waals surface area contributed by atoms with Crippen molar-refractivity contribution in [2.75, 3.05) is 31.8 Å². The van der Waals surface area contributed by atoms with Crippen LogP contribution in [0.4, 0.5) is 5.69 Å². The van der Waals surface area contributed by atoms with Gasteiger partial charge in [0.15, 0.2) is 5.16 Å². The third kappa shape index (κ3) is 5.84. The molecule has 6 nitrogen and oxygen atoms in total. The highest BCUT2D eigenvalue weighted by Crippen LogP contribution is 2.22. The van der Waals surface area contributed by atoms with E-state index in [1.165, 1.54) is 11.8 Å². The standard InChI is InChI=1S/C24H29ClN4O2S/c1-16(2)13-29-23(31)20-12-18(25)8-11-21(20)26-24(29)32-15-22(30)28(5)14-17-6-9-19(10-7-17)27(3)4/h6-12,16H,13-15H2,1-5H3. The van der Waals surface area contributed by atoms with Crippen molar-refractivity contribution in [2.24, 2.45) is 5.92 Å². The molecule has 0 unspecified atom stereocenters. The number of nitrogens with zero attached hydrogens (tertiary/aromatic N) is 4. The van der Waals surface area contributed by atoms with Gasteiger partial charge in [-0.3, -0.25) is 14.2 Å². The van der Waals surface area contributed by atoms with Crippen molar-refractivity contribution in [2.45, 2.75) is 32.1 Å². The number of benzene rings is 2. The first kappa shape index (κ1) is 24.1. The molecule has 0 saturated heterocycles. The Morgan fingerprint density at radius 1 is 1.12 bits per heavy atom. The van der Waals surface area contributed by atoms with Crippen molar-refractivity contribution >= 4 is 45.9 Å². The summed E-state index contributed by atoms with van der Waals surface area (Å²) >= 11 is 7.38. The lowest BCUT2D eigenvalue weighted by Gasteiger charge is -2.19. The van der Waals surface area contributed by atoms with Gasteiger partial charge in [0.1, 0.15) is 0 Å². The molecule has 2 aromatic carbocycles. The van der Waals surface area contributed by atoms with E-state index in [2.05, 4.69) is 4.98 Å². The SMILES string of the molecule is CC(C)Cn1c(SCC(=O)N(C)Cc2ccc(N(C)C)cc2)nc2ccc(Cl)cc2c1=O. The molecule has 0 N–H and O–H groups in total. The third-order valence-electron chi connectivity index (χ3n) is 5.05. The molecule has 0 fully saturated rings. The molecule has 3 aromatic rings. The van der Waals surface area contributed by atoms with Crippen LogP contribution in [-0.4, -0.2) is 47.3 Å². The molecule has 0 saturated carbocycles. The number of aromatic nitrogens is 2. The van der Waals surface area contributed by atoms with Crippen molar-refractivity contribution in [3.63, 3.8) is 0 Å². The average Bonchev–Trinajstić information content (AvgIpc) is 2.74. The number of hydrogen-bond acceptors (Lipinski definition) is 5. The van der Waals surface area contributed by atoms with Crippen LogP contribution < -0.4 is 10.5 Å². The van der Waals surface area contributed by atoms with Crippen LogP contribution in [0.25, 0.3) is 10.9 Å². The van der Waals surface area contributed by atoms with Gasteiger partial charge in [0.25, 0.3) is 5.56 Å². The Morgan fingerprint density at radius 3 is 2.44 bits per heavy atom. The van der Waals surface area contributed by atoms with Crippen molar-refractivity contribution in [1.82, 2.24) is 14.5 Å². The van der Waals surface area contributed by atoms with Gasteiger partial charge in [0, 0.05) is 44.9 Å². The van der Waals surface area contributed by atoms with Crippen molar-refractivity contribution in [3.8, 4) is 0 Å². The van der Waals surface area contributed by atoms with Gasteiger partial charge in [-0.2, -0.15) is 0 Å². The van der Waals surface area contributed by atoms with Gasteiger partial charge < -0.3 is 9.80 Å². The van der Waals surface area contributed by atoms with Crippen LogP contribution in [0.3, 0.4) is 0 Å². The van der Waals surface area contributed by atoms with Gasteiger partial charge >= 0.3 is 0 Å². The highest BCUT2D eigenvalue weighted by atomic mass is 35.5. The molecule has 1 amide bonds. The smallest absolute Gasteiger partial charge is 0.262 e. The van der Waals surface area contributed by atoms with Crippen LogP contribution in [0, 0.1) is 5.92 Å². The number of halogens is 1. The summed E-state index contributed by atoms with van der Waals surface area (Å²) < 4.78 is 1.65. The summed E-state index contributed by atoms with van der Waals surface area (Å²) in [6.07, 6.45) is 0. The number of rotatable bonds is 8. The van der Waals surface area contributed by atoms with E-state index in [1.807, 2.05) is 57.1 Å². The van der Waals surface area contributed by atoms with E-state index in [0.29, 0.717) is 34.2 Å². The number of carbonyl (C=O) groups excluding carboxylic acids is 1. The van der Waals surface area contributed by atoms with E-state index in [1.54, 1.807) is 34.7 Å². The predicted octanol–water partition coefficient (Wildman–Crippen LogP) is 4.52. The van der Waals surface area contributed by atoms with Gasteiger partial charge in [-0.05, 0) is 41.8 Å². The summed E-state index contributed by atoms with van der Waals surface area (Å²) in [7, 11) is 5.78. The van der Waals surface area contributed by atoms with Crippen molar-refractivity contribution in [1.29, 1.82) is 0 Å². The summed E-state index contributed by atoms with van der Waals surface area (Å²) in [5.74, 6) is 0.442. The fraction of sp³-hybridized carbons (Fsp3) is 0.375. The van der Waals surface area contributed by atoms with Gasteiger partial charge in [-0.1, -0.05) is 49.3 Å². The molecule has 0 spiro atoms. The molecule has 0 aliphatic rings. The number of carbonyl (C=O) groups is 1. The third-order valence-corrected chi connectivity index (χ3v) is 6.25. The molecule has 1 heterocycles. The molecule has 8 heteroatoms. The Kier molecular flexibility index (Phi) is 7.85. The van der Waals surface area contributed by atoms with E-state index >= 15 is 0 Å². The maximum absolute atomic E-state index is 13.1. The van der Waals surface area contributed by atoms with Gasteiger partial charge in [0.05, 0.1) is 16.7 Å². The molecule has 1 aromatic heterocycles. The molecule has 0 aliphatic heterocycles. The quantitative estimate of drug-likeness (QED) is 0.356. The molecule has 32 heavy (non-hydrogen) atoms. The molecular weight excluding hydrogens is 444 g/mol. The predicted molar refractivity (Wildman–Crippen MR) is 134 cm³/mol. The summed E-state index contributed by atoms with van der Waals surface area (Å²) in [6, 6.07) is 13.3. The normalized spacial score (nSPS) is 11.2. The van der Waals surface area contributed by atoms with Crippen molar-refractivity contribution in [3.05, 3.63) is 63.4 Å². The average molecular weight is 473 g/mol. The highest BCUT2D eigenvalue weighted by Gasteiger charge is 2.16. The lowest BCUT2D eigenvalue weighted by atomic mass is 10.2. The van der Waals surface area contributed by atoms with Crippen LogP contribution in [-0.2, 0) is 17.9 Å². The van der Waals surface area contributed by atoms with Gasteiger partial charge in [-0.15, -0.1) is 0 Å². The molecule has 0 aliphatic carbocycles. The maximum atomic E-state index is 13.1. The first-order valence-electron chi connectivity index (χ1n) is 10.5. The van der Waals surface area contributed by atoms with E-state index in [0.717, 1.165) is 11.3 Å². The Labute approximate surface area is 198 Å². The fourth-order valence-corrected chi connectivity index (χ4v) is 4.43. The van der Waals surface area contributed by atoms with Crippen LogP contribution in [0.2, 0.25) is 5.02 Å². The zero-order valence-corrected chi connectivity index (χ0v) is 20.7. The maximum Gasteiger partial charge on any atom is 0.262 e. The van der Waals surface area contributed by atoms with Crippen molar-refractivity contribution < 1.29 is 4.79 Å². The molecule has 170 valence electrons. The summed E-state index contributed by atoms with van der Waals surface area (Å²) in [5.41, 5.74) is 2.64. The van der Waals surface area contributed by atoms with Gasteiger partial charge in [-0.25, -0.2) is 4.98 Å². The Hall–Kier alpha value is -2.51. The van der Waals surface area contributed by atoms with Crippen LogP contribution >= 0.6 is 23.4 Å². The first-order valence-corrected chi connectivity index (χ1v) is 11.8. The minimum absolute atomic E-state index is 0.0202. The Bertz CT molecular complexity index is 1160. The molecule has 0 bridgehead atoms. The van der Waals surface area contributed by atoms with E-state index in [9.17, 15) is 9.59 Å². The Balaban J connectivity index is 1.76. The minimum Gasteiger partial charge on any atom is -0.378 e. The molecule has 3 rings (SSSR count). The summed E-state index contributed by atoms with van der Waals surface area (Å²) in [6.45, 7) is 5.14. The lowest BCUT2D eigenvalue weighted by Crippen LogP contribution is -2.29. The lowest BCUT2D eigenvalue weighted by molar-refractivity contribution is -0.127. The number of hydrogen-bond donors (Lipinski definition) is 0. The highest BCUT2D eigenvalue weighted by molar-refractivity contribution is 7.99. The van der Waals surface area contributed by atoms with Gasteiger partial charge in [0.2, 0.25) is 5.91 Å². The molecule has 0 atom stereocenters. The monoisotopic (exact) mass is 472 g/mol. The topological polar surface area (TPSA) is 58.4 Å². The van der Waals surface area contributed by atoms with E-state index in [-0.39, 0.29) is 23.1 Å². The number of anilines is 1. The second kappa shape index (κ2) is 10.4. The van der Waals surface area contributed by atoms with E-state index in [4.69, 9.17) is 11.6 Å². The fourth-order valence-electron chi connectivity index (χ4n) is 3.31. The summed E-state index contributed by atoms with van der Waals surface area (Å²) in [5, 5.41) is 1.55. The van der Waals surface area contributed by atoms with E-state index < -0.39 is 0 Å². The Morgan fingerprint density at radius 2 is 1.81 bits per heavy atom. The van der Waals surface area contributed by atoms with Crippen LogP contribution in [0.5, 0.6) is 0 Å². The number of thioether (sulfide) groups is 1. The van der Waals surface area contributed by atoms with Crippen LogP contribution in [0.1, 0.15) is 19.4 Å². The first-order chi connectivity index (χ1) is 15.2. The number of amides is 1. The zero-order valence-electron chi connectivity index (χ0n) is 19.1.